The molecule has 2 rings (SSSR count). The highest BCUT2D eigenvalue weighted by molar-refractivity contribution is 5.68. The van der Waals surface area contributed by atoms with Crippen LogP contribution in [0, 0.1) is 13.8 Å². The fourth-order valence-corrected chi connectivity index (χ4v) is 3.07. The minimum absolute atomic E-state index is 0.0660. The van der Waals surface area contributed by atoms with Gasteiger partial charge >= 0.3 is 0 Å². The van der Waals surface area contributed by atoms with E-state index in [1.807, 2.05) is 44.2 Å². The Labute approximate surface area is 190 Å². The minimum Gasteiger partial charge on any atom is -0.494 e. The summed E-state index contributed by atoms with van der Waals surface area (Å²) in [6.45, 7) is 6.41. The summed E-state index contributed by atoms with van der Waals surface area (Å²) < 4.78 is 5.31. The zero-order valence-corrected chi connectivity index (χ0v) is 19.2. The fraction of sp³-hybridized carbons (Fsp3) is 0.478. The van der Waals surface area contributed by atoms with Crippen molar-refractivity contribution in [3.63, 3.8) is 0 Å². The first-order valence-electron chi connectivity index (χ1n) is 10.7. The predicted molar refractivity (Wildman–Crippen MR) is 131 cm³/mol. The molecule has 0 aliphatic heterocycles. The van der Waals surface area contributed by atoms with Gasteiger partial charge in [-0.15, -0.1) is 0 Å². The molecule has 0 radical (unpaired) electrons. The van der Waals surface area contributed by atoms with Crippen molar-refractivity contribution < 1.29 is 25.2 Å². The molecule has 180 valence electrons. The lowest BCUT2D eigenvalue weighted by molar-refractivity contribution is 0.310. The Morgan fingerprint density at radius 3 is 1.62 bits per heavy atom. The highest BCUT2D eigenvalue weighted by Gasteiger charge is 2.08. The van der Waals surface area contributed by atoms with Crippen LogP contribution in [0.2, 0.25) is 0 Å². The zero-order chi connectivity index (χ0) is 23.8. The van der Waals surface area contributed by atoms with Crippen LogP contribution in [0.4, 0.5) is 22.7 Å². The summed E-state index contributed by atoms with van der Waals surface area (Å²) in [6, 6.07) is 9.73. The minimum atomic E-state index is 0.0660. The van der Waals surface area contributed by atoms with Crippen molar-refractivity contribution in [2.75, 3.05) is 81.0 Å². The van der Waals surface area contributed by atoms with Gasteiger partial charge < -0.3 is 46.4 Å². The fourth-order valence-electron chi connectivity index (χ4n) is 3.07. The van der Waals surface area contributed by atoms with E-state index in [9.17, 15) is 0 Å². The van der Waals surface area contributed by atoms with Gasteiger partial charge in [0, 0.05) is 43.2 Å². The number of aryl methyl sites for hydroxylation is 1. The molecule has 32 heavy (non-hydrogen) atoms. The smallest absolute Gasteiger partial charge is 0.145 e. The van der Waals surface area contributed by atoms with Gasteiger partial charge in [0.2, 0.25) is 0 Å². The summed E-state index contributed by atoms with van der Waals surface area (Å²) in [5, 5.41) is 47.5. The molecular formula is C23H38N4O5. The monoisotopic (exact) mass is 450 g/mol. The molecule has 0 aliphatic carbocycles. The van der Waals surface area contributed by atoms with Gasteiger partial charge in [0.25, 0.3) is 0 Å². The second kappa shape index (κ2) is 16.0. The molecule has 2 aromatic rings. The second-order valence-electron chi connectivity index (χ2n) is 6.95. The second-order valence-corrected chi connectivity index (χ2v) is 6.95. The number of rotatable bonds is 13. The van der Waals surface area contributed by atoms with Crippen LogP contribution in [0.15, 0.2) is 30.3 Å². The van der Waals surface area contributed by atoms with E-state index in [-0.39, 0.29) is 26.4 Å². The van der Waals surface area contributed by atoms with Crippen LogP contribution in [0.3, 0.4) is 0 Å². The summed E-state index contributed by atoms with van der Waals surface area (Å²) in [5.74, 6) is 0.771. The third-order valence-corrected chi connectivity index (χ3v) is 4.54. The number of hydrogen-bond donors (Lipinski definition) is 8. The van der Waals surface area contributed by atoms with Crippen LogP contribution in [0.25, 0.3) is 0 Å². The normalized spacial score (nSPS) is 10.1. The largest absolute Gasteiger partial charge is 0.494 e. The SMILES string of the molecule is COc1c(C)cc(NCCO)cc1NCCO.Cc1c(NCCO)cccc1NCCO. The first kappa shape index (κ1) is 27.3. The number of nitrogens with one attached hydrogen (secondary N) is 4. The van der Waals surface area contributed by atoms with Gasteiger partial charge in [0.1, 0.15) is 5.75 Å². The van der Waals surface area contributed by atoms with Crippen molar-refractivity contribution in [3.05, 3.63) is 41.5 Å². The highest BCUT2D eigenvalue weighted by Crippen LogP contribution is 2.32. The number of benzene rings is 2. The Balaban J connectivity index is 0.000000323. The molecule has 0 atom stereocenters. The molecule has 0 amide bonds. The molecule has 0 saturated carbocycles. The molecule has 0 saturated heterocycles. The van der Waals surface area contributed by atoms with Crippen molar-refractivity contribution in [1.29, 1.82) is 0 Å². The van der Waals surface area contributed by atoms with Gasteiger partial charge in [0.15, 0.2) is 0 Å². The number of aliphatic hydroxyl groups excluding tert-OH is 4. The Hall–Kier alpha value is -2.72. The first-order valence-corrected chi connectivity index (χ1v) is 10.7. The molecule has 0 aliphatic rings. The third kappa shape index (κ3) is 9.19. The van der Waals surface area contributed by atoms with E-state index >= 15 is 0 Å². The van der Waals surface area contributed by atoms with Crippen LogP contribution in [0.1, 0.15) is 11.1 Å². The van der Waals surface area contributed by atoms with Crippen LogP contribution in [-0.4, -0.2) is 80.1 Å². The van der Waals surface area contributed by atoms with E-state index in [1.165, 1.54) is 0 Å². The summed E-state index contributed by atoms with van der Waals surface area (Å²) in [7, 11) is 1.62. The molecule has 9 nitrogen and oxygen atoms in total. The predicted octanol–water partition coefficient (Wildman–Crippen LogP) is 1.62. The van der Waals surface area contributed by atoms with Crippen LogP contribution in [-0.2, 0) is 0 Å². The van der Waals surface area contributed by atoms with Crippen LogP contribution >= 0.6 is 0 Å². The van der Waals surface area contributed by atoms with E-state index in [1.54, 1.807) is 7.11 Å². The molecule has 0 aromatic heterocycles. The molecule has 0 heterocycles. The van der Waals surface area contributed by atoms with E-state index in [0.29, 0.717) is 26.2 Å². The van der Waals surface area contributed by atoms with E-state index in [0.717, 1.165) is 39.6 Å². The van der Waals surface area contributed by atoms with E-state index in [4.69, 9.17) is 25.2 Å². The maximum atomic E-state index is 8.82. The quantitative estimate of drug-likeness (QED) is 0.229. The Kier molecular flexibility index (Phi) is 13.6. The average Bonchev–Trinajstić information content (AvgIpc) is 2.80. The van der Waals surface area contributed by atoms with Crippen molar-refractivity contribution in [3.8, 4) is 5.75 Å². The number of methoxy groups -OCH3 is 1. The average molecular weight is 451 g/mol. The number of aliphatic hydroxyl groups is 4. The maximum absolute atomic E-state index is 8.82. The lowest BCUT2D eigenvalue weighted by atomic mass is 10.1. The van der Waals surface area contributed by atoms with Crippen molar-refractivity contribution in [2.45, 2.75) is 13.8 Å². The van der Waals surface area contributed by atoms with Gasteiger partial charge in [-0.2, -0.15) is 0 Å². The van der Waals surface area contributed by atoms with Gasteiger partial charge in [0.05, 0.1) is 39.2 Å². The van der Waals surface area contributed by atoms with Gasteiger partial charge in [-0.3, -0.25) is 0 Å². The molecule has 0 spiro atoms. The zero-order valence-electron chi connectivity index (χ0n) is 19.2. The molecule has 0 fully saturated rings. The molecular weight excluding hydrogens is 412 g/mol. The van der Waals surface area contributed by atoms with E-state index < -0.39 is 0 Å². The first-order chi connectivity index (χ1) is 15.5. The maximum Gasteiger partial charge on any atom is 0.145 e. The van der Waals surface area contributed by atoms with Crippen molar-refractivity contribution in [1.82, 2.24) is 0 Å². The Morgan fingerprint density at radius 2 is 1.16 bits per heavy atom. The molecule has 0 unspecified atom stereocenters. The molecule has 9 heteroatoms. The number of anilines is 4. The molecule has 0 bridgehead atoms. The van der Waals surface area contributed by atoms with Crippen LogP contribution in [0.5, 0.6) is 5.75 Å². The lowest BCUT2D eigenvalue weighted by Gasteiger charge is -2.15. The molecule has 2 aromatic carbocycles. The number of ether oxygens (including phenoxy) is 1. The topological polar surface area (TPSA) is 138 Å². The lowest BCUT2D eigenvalue weighted by Crippen LogP contribution is -2.10. The van der Waals surface area contributed by atoms with Gasteiger partial charge in [-0.1, -0.05) is 6.07 Å². The van der Waals surface area contributed by atoms with Crippen molar-refractivity contribution in [2.24, 2.45) is 0 Å². The van der Waals surface area contributed by atoms with Gasteiger partial charge in [-0.25, -0.2) is 0 Å². The van der Waals surface area contributed by atoms with E-state index in [2.05, 4.69) is 21.3 Å². The Bertz CT molecular complexity index is 763. The van der Waals surface area contributed by atoms with Crippen LogP contribution < -0.4 is 26.0 Å². The summed E-state index contributed by atoms with van der Waals surface area (Å²) in [4.78, 5) is 0. The summed E-state index contributed by atoms with van der Waals surface area (Å²) >= 11 is 0. The summed E-state index contributed by atoms with van der Waals surface area (Å²) in [6.07, 6.45) is 0. The van der Waals surface area contributed by atoms with Crippen molar-refractivity contribution >= 4 is 22.7 Å². The Morgan fingerprint density at radius 1 is 0.688 bits per heavy atom. The third-order valence-electron chi connectivity index (χ3n) is 4.54. The highest BCUT2D eigenvalue weighted by atomic mass is 16.5. The summed E-state index contributed by atoms with van der Waals surface area (Å²) in [5.41, 5.74) is 5.86. The molecule has 8 N–H and O–H groups in total. The number of hydrogen-bond acceptors (Lipinski definition) is 9. The standard InChI is InChI=1S/C12H20N2O3.C11H18N2O2/c1-9-7-10(13-3-5-15)8-11(12(9)17-2)14-4-6-16;1-9-10(12-5-7-14)3-2-4-11(9)13-6-8-15/h7-8,13-16H,3-6H2,1-2H3;2-4,12-15H,5-8H2,1H3. The van der Waals surface area contributed by atoms with Gasteiger partial charge in [-0.05, 0) is 49.2 Å².